The molecule has 1 aliphatic rings. The Labute approximate surface area is 158 Å². The van der Waals surface area contributed by atoms with E-state index in [1.165, 1.54) is 0 Å². The highest BCUT2D eigenvalue weighted by Crippen LogP contribution is 2.23. The third-order valence-corrected chi connectivity index (χ3v) is 5.21. The number of benzene rings is 1. The number of hydrogen-bond acceptors (Lipinski definition) is 3. The van der Waals surface area contributed by atoms with Crippen molar-refractivity contribution in [3.8, 4) is 0 Å². The lowest BCUT2D eigenvalue weighted by molar-refractivity contribution is -0.131. The van der Waals surface area contributed by atoms with Gasteiger partial charge in [-0.1, -0.05) is 29.8 Å². The highest BCUT2D eigenvalue weighted by molar-refractivity contribution is 6.31. The third-order valence-electron chi connectivity index (χ3n) is 4.84. The Kier molecular flexibility index (Phi) is 5.61. The number of carbonyl (C=O) groups excluding carboxylic acids is 2. The smallest absolute Gasteiger partial charge is 0.274 e. The molecule has 6 nitrogen and oxygen atoms in total. The van der Waals surface area contributed by atoms with Crippen molar-refractivity contribution < 1.29 is 9.59 Å². The average Bonchev–Trinajstić information content (AvgIpc) is 3.07. The van der Waals surface area contributed by atoms with Crippen LogP contribution in [0.15, 0.2) is 24.3 Å². The molecular formula is C19H23ClN4O2. The SMILES string of the molecule is CCN(CC)C(=O)c1n[nH]c2c1CN(C(=O)Cc1ccccc1Cl)CC2. The number of fused-ring (bicyclic) bond motifs is 1. The first-order valence-corrected chi connectivity index (χ1v) is 9.29. The number of aromatic amines is 1. The number of carbonyl (C=O) groups is 2. The largest absolute Gasteiger partial charge is 0.338 e. The quantitative estimate of drug-likeness (QED) is 0.874. The first kappa shape index (κ1) is 18.5. The van der Waals surface area contributed by atoms with Gasteiger partial charge in [-0.05, 0) is 25.5 Å². The first-order chi connectivity index (χ1) is 12.5. The molecule has 0 fully saturated rings. The Bertz CT molecular complexity index is 814. The molecule has 2 amide bonds. The van der Waals surface area contributed by atoms with Gasteiger partial charge in [-0.25, -0.2) is 0 Å². The summed E-state index contributed by atoms with van der Waals surface area (Å²) < 4.78 is 0. The molecule has 0 bridgehead atoms. The van der Waals surface area contributed by atoms with Crippen molar-refractivity contribution in [2.45, 2.75) is 33.2 Å². The summed E-state index contributed by atoms with van der Waals surface area (Å²) in [5.74, 6) is -0.0842. The molecule has 26 heavy (non-hydrogen) atoms. The summed E-state index contributed by atoms with van der Waals surface area (Å²) in [6.45, 7) is 6.16. The van der Waals surface area contributed by atoms with Crippen molar-refractivity contribution in [3.05, 3.63) is 51.8 Å². The summed E-state index contributed by atoms with van der Waals surface area (Å²) in [6.07, 6.45) is 0.925. The number of nitrogens with zero attached hydrogens (tertiary/aromatic N) is 3. The number of halogens is 1. The van der Waals surface area contributed by atoms with Gasteiger partial charge in [0.1, 0.15) is 0 Å². The van der Waals surface area contributed by atoms with E-state index in [4.69, 9.17) is 11.6 Å². The Balaban J connectivity index is 1.77. The molecular weight excluding hydrogens is 352 g/mol. The molecule has 1 N–H and O–H groups in total. The number of nitrogens with one attached hydrogen (secondary N) is 1. The van der Waals surface area contributed by atoms with Crippen molar-refractivity contribution in [2.24, 2.45) is 0 Å². The summed E-state index contributed by atoms with van der Waals surface area (Å²) >= 11 is 6.17. The molecule has 2 heterocycles. The van der Waals surface area contributed by atoms with E-state index >= 15 is 0 Å². The van der Waals surface area contributed by atoms with Gasteiger partial charge in [0.2, 0.25) is 5.91 Å². The first-order valence-electron chi connectivity index (χ1n) is 8.91. The molecule has 2 aromatic rings. The van der Waals surface area contributed by atoms with E-state index in [2.05, 4.69) is 10.2 Å². The molecule has 1 aliphatic heterocycles. The zero-order valence-electron chi connectivity index (χ0n) is 15.1. The molecule has 0 spiro atoms. The lowest BCUT2D eigenvalue weighted by Gasteiger charge is -2.28. The van der Waals surface area contributed by atoms with Crippen LogP contribution in [0.3, 0.4) is 0 Å². The molecule has 7 heteroatoms. The van der Waals surface area contributed by atoms with Crippen LogP contribution < -0.4 is 0 Å². The summed E-state index contributed by atoms with van der Waals surface area (Å²) in [4.78, 5) is 28.9. The van der Waals surface area contributed by atoms with E-state index in [-0.39, 0.29) is 18.2 Å². The molecule has 0 radical (unpaired) electrons. The van der Waals surface area contributed by atoms with E-state index in [0.29, 0.717) is 43.3 Å². The number of hydrogen-bond donors (Lipinski definition) is 1. The zero-order chi connectivity index (χ0) is 18.7. The lowest BCUT2D eigenvalue weighted by atomic mass is 10.0. The van der Waals surface area contributed by atoms with Gasteiger partial charge in [0.25, 0.3) is 5.91 Å². The Morgan fingerprint density at radius 3 is 2.69 bits per heavy atom. The predicted molar refractivity (Wildman–Crippen MR) is 100 cm³/mol. The molecule has 3 rings (SSSR count). The fourth-order valence-corrected chi connectivity index (χ4v) is 3.46. The molecule has 0 aliphatic carbocycles. The van der Waals surface area contributed by atoms with E-state index in [9.17, 15) is 9.59 Å². The van der Waals surface area contributed by atoms with Crippen molar-refractivity contribution in [2.75, 3.05) is 19.6 Å². The molecule has 0 saturated carbocycles. The van der Waals surface area contributed by atoms with Crippen LogP contribution in [0.2, 0.25) is 5.02 Å². The maximum absolute atomic E-state index is 12.7. The highest BCUT2D eigenvalue weighted by Gasteiger charge is 2.29. The van der Waals surface area contributed by atoms with Crippen LogP contribution in [-0.2, 0) is 24.2 Å². The fourth-order valence-electron chi connectivity index (χ4n) is 3.26. The summed E-state index contributed by atoms with van der Waals surface area (Å²) in [6, 6.07) is 7.37. The van der Waals surface area contributed by atoms with Crippen LogP contribution in [0.25, 0.3) is 0 Å². The van der Waals surface area contributed by atoms with Crippen LogP contribution in [-0.4, -0.2) is 51.4 Å². The van der Waals surface area contributed by atoms with Gasteiger partial charge in [0.15, 0.2) is 5.69 Å². The Morgan fingerprint density at radius 2 is 2.00 bits per heavy atom. The van der Waals surface area contributed by atoms with Gasteiger partial charge in [-0.3, -0.25) is 14.7 Å². The van der Waals surface area contributed by atoms with Crippen LogP contribution >= 0.6 is 11.6 Å². The number of aromatic nitrogens is 2. The van der Waals surface area contributed by atoms with Crippen LogP contribution in [0, 0.1) is 0 Å². The topological polar surface area (TPSA) is 69.3 Å². The summed E-state index contributed by atoms with van der Waals surface area (Å²) in [5.41, 5.74) is 3.03. The monoisotopic (exact) mass is 374 g/mol. The minimum absolute atomic E-state index is 0.00573. The lowest BCUT2D eigenvalue weighted by Crippen LogP contribution is -2.38. The minimum atomic E-state index is -0.0899. The second kappa shape index (κ2) is 7.91. The van der Waals surface area contributed by atoms with E-state index in [0.717, 1.165) is 16.8 Å². The van der Waals surface area contributed by atoms with Crippen molar-refractivity contribution >= 4 is 23.4 Å². The van der Waals surface area contributed by atoms with Crippen molar-refractivity contribution in [3.63, 3.8) is 0 Å². The minimum Gasteiger partial charge on any atom is -0.338 e. The van der Waals surface area contributed by atoms with Gasteiger partial charge >= 0.3 is 0 Å². The molecule has 0 atom stereocenters. The van der Waals surface area contributed by atoms with E-state index < -0.39 is 0 Å². The number of rotatable bonds is 5. The van der Waals surface area contributed by atoms with Crippen molar-refractivity contribution in [1.29, 1.82) is 0 Å². The van der Waals surface area contributed by atoms with Crippen LogP contribution in [0.1, 0.15) is 41.2 Å². The van der Waals surface area contributed by atoms with Gasteiger partial charge in [0.05, 0.1) is 6.42 Å². The fraction of sp³-hybridized carbons (Fsp3) is 0.421. The summed E-state index contributed by atoms with van der Waals surface area (Å²) in [7, 11) is 0. The molecule has 0 saturated heterocycles. The number of amides is 2. The maximum Gasteiger partial charge on any atom is 0.274 e. The van der Waals surface area contributed by atoms with Gasteiger partial charge < -0.3 is 9.80 Å². The zero-order valence-corrected chi connectivity index (χ0v) is 15.8. The van der Waals surface area contributed by atoms with Gasteiger partial charge in [-0.2, -0.15) is 5.10 Å². The van der Waals surface area contributed by atoms with E-state index in [1.54, 1.807) is 15.9 Å². The molecule has 0 unspecified atom stereocenters. The standard InChI is InChI=1S/C19H23ClN4O2/c1-3-23(4-2)19(26)18-14-12-24(10-9-16(14)21-22-18)17(25)11-13-7-5-6-8-15(13)20/h5-8H,3-4,9-12H2,1-2H3,(H,21,22). The van der Waals surface area contributed by atoms with Crippen LogP contribution in [0.5, 0.6) is 0 Å². The molecule has 1 aromatic carbocycles. The highest BCUT2D eigenvalue weighted by atomic mass is 35.5. The van der Waals surface area contributed by atoms with Crippen LogP contribution in [0.4, 0.5) is 0 Å². The average molecular weight is 375 g/mol. The Hall–Kier alpha value is -2.34. The second-order valence-corrected chi connectivity index (χ2v) is 6.75. The van der Waals surface area contributed by atoms with Gasteiger partial charge in [-0.15, -0.1) is 0 Å². The van der Waals surface area contributed by atoms with Gasteiger partial charge in [0, 0.05) is 48.9 Å². The molecule has 1 aromatic heterocycles. The second-order valence-electron chi connectivity index (χ2n) is 6.34. The molecule has 138 valence electrons. The Morgan fingerprint density at radius 1 is 1.27 bits per heavy atom. The number of H-pyrrole nitrogens is 1. The summed E-state index contributed by atoms with van der Waals surface area (Å²) in [5, 5.41) is 7.80. The maximum atomic E-state index is 12.7. The normalized spacial score (nSPS) is 13.4. The van der Waals surface area contributed by atoms with E-state index in [1.807, 2.05) is 32.0 Å². The predicted octanol–water partition coefficient (Wildman–Crippen LogP) is 2.67. The van der Waals surface area contributed by atoms with Crippen molar-refractivity contribution in [1.82, 2.24) is 20.0 Å². The third kappa shape index (κ3) is 3.60.